The minimum Gasteiger partial charge on any atom is -0.497 e. The van der Waals surface area contributed by atoms with Crippen LogP contribution in [0.3, 0.4) is 0 Å². The molecule has 1 N–H and O–H groups in total. The van der Waals surface area contributed by atoms with Gasteiger partial charge in [-0.25, -0.2) is 4.79 Å². The van der Waals surface area contributed by atoms with E-state index < -0.39 is 11.5 Å². The van der Waals surface area contributed by atoms with E-state index in [1.807, 2.05) is 91.0 Å². The van der Waals surface area contributed by atoms with Crippen LogP contribution in [0.15, 0.2) is 114 Å². The summed E-state index contributed by atoms with van der Waals surface area (Å²) < 4.78 is 11.1. The third-order valence-corrected chi connectivity index (χ3v) is 7.82. The van der Waals surface area contributed by atoms with Gasteiger partial charge in [0.05, 0.1) is 19.8 Å². The summed E-state index contributed by atoms with van der Waals surface area (Å²) in [5.74, 6) is 0.0538. The molecule has 1 heterocycles. The molecule has 6 nitrogen and oxygen atoms in total. The second kappa shape index (κ2) is 12.7. The maximum atomic E-state index is 14.1. The van der Waals surface area contributed by atoms with Gasteiger partial charge in [0.2, 0.25) is 0 Å². The molecule has 0 aromatic heterocycles. The number of carbonyl (C=O) groups is 2. The zero-order valence-corrected chi connectivity index (χ0v) is 23.7. The third kappa shape index (κ3) is 6.03. The number of aliphatic imine (C=N–C) groups is 1. The number of carbonyl (C=O) groups excluding carboxylic acids is 1. The summed E-state index contributed by atoms with van der Waals surface area (Å²) in [5.41, 5.74) is 3.54. The summed E-state index contributed by atoms with van der Waals surface area (Å²) in [6.45, 7) is 0. The molecule has 42 heavy (non-hydrogen) atoms. The minimum atomic E-state index is -1.09. The normalized spacial score (nSPS) is 16.2. The maximum Gasteiger partial charge on any atom is 0.336 e. The lowest BCUT2D eigenvalue weighted by atomic mass is 9.72. The average Bonchev–Trinajstić information content (AvgIpc) is 3.54. The summed E-state index contributed by atoms with van der Waals surface area (Å²) >= 11 is 0. The van der Waals surface area contributed by atoms with E-state index in [4.69, 9.17) is 14.5 Å². The van der Waals surface area contributed by atoms with Crippen LogP contribution in [0.1, 0.15) is 39.4 Å². The molecule has 0 amide bonds. The number of Topliss-reactive ketones (excluding diaryl/α,β-unsaturated/α-hetero) is 1. The number of hydrogen-bond acceptors (Lipinski definition) is 5. The predicted molar refractivity (Wildman–Crippen MR) is 165 cm³/mol. The van der Waals surface area contributed by atoms with E-state index >= 15 is 0 Å². The van der Waals surface area contributed by atoms with E-state index in [0.717, 1.165) is 22.3 Å². The van der Waals surface area contributed by atoms with Crippen molar-refractivity contribution in [2.75, 3.05) is 14.2 Å². The average molecular weight is 560 g/mol. The van der Waals surface area contributed by atoms with Crippen LogP contribution in [0.2, 0.25) is 0 Å². The van der Waals surface area contributed by atoms with Crippen molar-refractivity contribution in [3.8, 4) is 22.6 Å². The number of aromatic carboxylic acids is 1. The number of nitrogens with zero attached hydrogens (tertiary/aromatic N) is 1. The highest BCUT2D eigenvalue weighted by molar-refractivity contribution is 5.98. The predicted octanol–water partition coefficient (Wildman–Crippen LogP) is 6.98. The van der Waals surface area contributed by atoms with Gasteiger partial charge < -0.3 is 14.6 Å². The highest BCUT2D eigenvalue weighted by Crippen LogP contribution is 2.41. The van der Waals surface area contributed by atoms with Crippen molar-refractivity contribution in [1.82, 2.24) is 0 Å². The van der Waals surface area contributed by atoms with Crippen LogP contribution in [0.25, 0.3) is 11.1 Å². The monoisotopic (exact) mass is 559 g/mol. The third-order valence-electron chi connectivity index (χ3n) is 7.82. The molecule has 0 bridgehead atoms. The number of benzene rings is 4. The van der Waals surface area contributed by atoms with Gasteiger partial charge in [0.1, 0.15) is 17.0 Å². The standard InChI is InChI=1S/C36H33NO5/c1-41-29-21-26(22-30(24-29)42-2)23-33(28-16-14-27(15-17-28)31-11-6-7-12-32(31)35(39)40)36(19-8-20-37-36)34(38)18-13-25-9-4-3-5-10-25/h3-12,14-17,19-22,24,33H,13,18,23H2,1-2H3,(H,39,40). The number of methoxy groups -OCH3 is 2. The second-order valence-corrected chi connectivity index (χ2v) is 10.3. The Labute approximate surface area is 246 Å². The Morgan fingerprint density at radius 3 is 2.12 bits per heavy atom. The van der Waals surface area contributed by atoms with Gasteiger partial charge in [0.15, 0.2) is 5.78 Å². The zero-order chi connectivity index (χ0) is 29.5. The van der Waals surface area contributed by atoms with Crippen molar-refractivity contribution >= 4 is 18.0 Å². The van der Waals surface area contributed by atoms with Crippen LogP contribution in [0.5, 0.6) is 11.5 Å². The van der Waals surface area contributed by atoms with Gasteiger partial charge in [-0.2, -0.15) is 0 Å². The van der Waals surface area contributed by atoms with E-state index in [0.29, 0.717) is 36.3 Å². The summed E-state index contributed by atoms with van der Waals surface area (Å²) in [5, 5.41) is 9.71. The lowest BCUT2D eigenvalue weighted by Gasteiger charge is -2.33. The van der Waals surface area contributed by atoms with Gasteiger partial charge in [-0.3, -0.25) is 9.79 Å². The fourth-order valence-corrected chi connectivity index (χ4v) is 5.63. The topological polar surface area (TPSA) is 85.2 Å². The number of hydrogen-bond donors (Lipinski definition) is 1. The van der Waals surface area contributed by atoms with Crippen molar-refractivity contribution in [3.63, 3.8) is 0 Å². The van der Waals surface area contributed by atoms with Crippen LogP contribution in [-0.4, -0.2) is 42.8 Å². The fourth-order valence-electron chi connectivity index (χ4n) is 5.63. The lowest BCUT2D eigenvalue weighted by molar-refractivity contribution is -0.123. The van der Waals surface area contributed by atoms with Crippen LogP contribution < -0.4 is 9.47 Å². The van der Waals surface area contributed by atoms with E-state index in [9.17, 15) is 14.7 Å². The Kier molecular flexibility index (Phi) is 8.63. The van der Waals surface area contributed by atoms with Crippen LogP contribution in [0, 0.1) is 0 Å². The van der Waals surface area contributed by atoms with E-state index in [1.54, 1.807) is 38.6 Å². The van der Waals surface area contributed by atoms with Crippen LogP contribution in [-0.2, 0) is 17.6 Å². The SMILES string of the molecule is COc1cc(CC(c2ccc(-c3ccccc3C(=O)O)cc2)C2(C(=O)CCc3ccccc3)C=CC=N2)cc(OC)c1. The van der Waals surface area contributed by atoms with Crippen molar-refractivity contribution in [1.29, 1.82) is 0 Å². The number of aryl methyl sites for hydroxylation is 1. The molecule has 0 saturated carbocycles. The number of rotatable bonds is 12. The molecule has 0 fully saturated rings. The highest BCUT2D eigenvalue weighted by Gasteiger charge is 2.44. The van der Waals surface area contributed by atoms with Gasteiger partial charge in [-0.1, -0.05) is 72.8 Å². The largest absolute Gasteiger partial charge is 0.497 e. The van der Waals surface area contributed by atoms with Crippen LogP contribution >= 0.6 is 0 Å². The Balaban J connectivity index is 1.55. The van der Waals surface area contributed by atoms with Gasteiger partial charge >= 0.3 is 5.97 Å². The molecule has 0 radical (unpaired) electrons. The van der Waals surface area contributed by atoms with Crippen LogP contribution in [0.4, 0.5) is 0 Å². The molecule has 0 spiro atoms. The minimum absolute atomic E-state index is 0.0384. The van der Waals surface area contributed by atoms with Crippen molar-refractivity contribution in [3.05, 3.63) is 131 Å². The number of carboxylic acids is 1. The lowest BCUT2D eigenvalue weighted by Crippen LogP contribution is -2.41. The molecule has 1 aliphatic heterocycles. The van der Waals surface area contributed by atoms with Gasteiger partial charge in [0, 0.05) is 24.6 Å². The van der Waals surface area contributed by atoms with E-state index in [2.05, 4.69) is 0 Å². The first-order valence-electron chi connectivity index (χ1n) is 13.9. The Hall–Kier alpha value is -4.97. The first kappa shape index (κ1) is 28.6. The summed E-state index contributed by atoms with van der Waals surface area (Å²) in [4.78, 5) is 30.8. The Bertz CT molecular complexity index is 1590. The quantitative estimate of drug-likeness (QED) is 0.203. The highest BCUT2D eigenvalue weighted by atomic mass is 16.5. The number of carboxylic acid groups (broad SMARTS) is 1. The van der Waals surface area contributed by atoms with Crippen molar-refractivity contribution in [2.45, 2.75) is 30.7 Å². The van der Waals surface area contributed by atoms with Crippen molar-refractivity contribution < 1.29 is 24.2 Å². The molecule has 0 aliphatic carbocycles. The van der Waals surface area contributed by atoms with E-state index in [1.165, 1.54) is 0 Å². The number of ketones is 1. The first-order chi connectivity index (χ1) is 20.4. The van der Waals surface area contributed by atoms with Gasteiger partial charge in [-0.05, 0) is 71.0 Å². The smallest absolute Gasteiger partial charge is 0.336 e. The van der Waals surface area contributed by atoms with Gasteiger partial charge in [-0.15, -0.1) is 0 Å². The fraction of sp³-hybridized carbons (Fsp3) is 0.194. The molecular formula is C36H33NO5. The summed E-state index contributed by atoms with van der Waals surface area (Å²) in [7, 11) is 3.23. The molecule has 6 heteroatoms. The Morgan fingerprint density at radius 2 is 1.50 bits per heavy atom. The first-order valence-corrected chi connectivity index (χ1v) is 13.9. The zero-order valence-electron chi connectivity index (χ0n) is 23.7. The number of allylic oxidation sites excluding steroid dienone is 1. The second-order valence-electron chi connectivity index (χ2n) is 10.3. The molecule has 212 valence electrons. The maximum absolute atomic E-state index is 14.1. The molecule has 2 unspecified atom stereocenters. The molecule has 0 saturated heterocycles. The summed E-state index contributed by atoms with van der Waals surface area (Å²) in [6.07, 6.45) is 6.92. The van der Waals surface area contributed by atoms with Crippen molar-refractivity contribution in [2.24, 2.45) is 4.99 Å². The van der Waals surface area contributed by atoms with E-state index in [-0.39, 0.29) is 17.3 Å². The number of ether oxygens (including phenoxy) is 2. The molecular weight excluding hydrogens is 526 g/mol. The molecule has 5 rings (SSSR count). The Morgan fingerprint density at radius 1 is 0.833 bits per heavy atom. The molecule has 4 aromatic carbocycles. The molecule has 1 aliphatic rings. The molecule has 2 atom stereocenters. The summed E-state index contributed by atoms with van der Waals surface area (Å²) in [6, 6.07) is 30.4. The van der Waals surface area contributed by atoms with Gasteiger partial charge in [0.25, 0.3) is 0 Å². The molecule has 4 aromatic rings.